The van der Waals surface area contributed by atoms with Crippen LogP contribution in [0.15, 0.2) is 29.4 Å². The van der Waals surface area contributed by atoms with Gasteiger partial charge in [-0.2, -0.15) is 0 Å². The van der Waals surface area contributed by atoms with E-state index in [1.165, 1.54) is 22.0 Å². The predicted octanol–water partition coefficient (Wildman–Crippen LogP) is 1.54. The van der Waals surface area contributed by atoms with Gasteiger partial charge in [0.25, 0.3) is 0 Å². The van der Waals surface area contributed by atoms with Crippen LogP contribution >= 0.6 is 11.8 Å². The first-order chi connectivity index (χ1) is 9.90. The van der Waals surface area contributed by atoms with Crippen molar-refractivity contribution < 1.29 is 4.79 Å². The fraction of sp³-hybridized carbons (Fsp3) is 0.357. The molecular formula is C14H19N5OS. The third-order valence-electron chi connectivity index (χ3n) is 3.05. The molecule has 1 amide bonds. The highest BCUT2D eigenvalue weighted by molar-refractivity contribution is 8.00. The van der Waals surface area contributed by atoms with Crippen molar-refractivity contribution in [3.8, 4) is 11.4 Å². The SMILES string of the molecule is Cc1ccc(-c2nnc(S[C@H](C)C(=O)N(C)C)n2N)cc1. The molecule has 1 aromatic heterocycles. The van der Waals surface area contributed by atoms with Gasteiger partial charge < -0.3 is 10.7 Å². The number of carbonyl (C=O) groups is 1. The number of nitrogens with two attached hydrogens (primary N) is 1. The van der Waals surface area contributed by atoms with Crippen LogP contribution in [0.2, 0.25) is 0 Å². The van der Waals surface area contributed by atoms with Crippen molar-refractivity contribution in [3.05, 3.63) is 29.8 Å². The molecule has 6 nitrogen and oxygen atoms in total. The molecule has 0 radical (unpaired) electrons. The normalized spacial score (nSPS) is 12.2. The highest BCUT2D eigenvalue weighted by Crippen LogP contribution is 2.25. The van der Waals surface area contributed by atoms with E-state index in [1.54, 1.807) is 19.0 Å². The third-order valence-corrected chi connectivity index (χ3v) is 4.09. The average molecular weight is 305 g/mol. The number of nitrogen functional groups attached to an aromatic ring is 1. The first-order valence-corrected chi connectivity index (χ1v) is 7.43. The van der Waals surface area contributed by atoms with Crippen LogP contribution in [0.1, 0.15) is 12.5 Å². The highest BCUT2D eigenvalue weighted by Gasteiger charge is 2.20. The van der Waals surface area contributed by atoms with Crippen molar-refractivity contribution in [1.29, 1.82) is 0 Å². The Bertz CT molecular complexity index is 635. The molecule has 1 atom stereocenters. The minimum atomic E-state index is -0.266. The Morgan fingerprint density at radius 2 is 1.90 bits per heavy atom. The molecule has 1 aromatic carbocycles. The van der Waals surface area contributed by atoms with E-state index in [-0.39, 0.29) is 11.2 Å². The van der Waals surface area contributed by atoms with E-state index in [4.69, 9.17) is 5.84 Å². The second-order valence-electron chi connectivity index (χ2n) is 5.03. The number of hydrogen-bond acceptors (Lipinski definition) is 5. The molecule has 0 bridgehead atoms. The second kappa shape index (κ2) is 6.17. The van der Waals surface area contributed by atoms with Gasteiger partial charge in [-0.3, -0.25) is 4.79 Å². The number of amides is 1. The number of aromatic nitrogens is 3. The molecule has 0 aliphatic heterocycles. The van der Waals surface area contributed by atoms with Crippen molar-refractivity contribution >= 4 is 17.7 Å². The molecule has 0 spiro atoms. The Morgan fingerprint density at radius 3 is 2.48 bits per heavy atom. The number of hydrogen-bond donors (Lipinski definition) is 1. The fourth-order valence-electron chi connectivity index (χ4n) is 1.83. The van der Waals surface area contributed by atoms with Crippen molar-refractivity contribution in [3.63, 3.8) is 0 Å². The van der Waals surface area contributed by atoms with E-state index in [1.807, 2.05) is 38.1 Å². The third kappa shape index (κ3) is 3.36. The number of rotatable bonds is 4. The van der Waals surface area contributed by atoms with E-state index >= 15 is 0 Å². The van der Waals surface area contributed by atoms with Crippen molar-refractivity contribution in [2.45, 2.75) is 24.3 Å². The molecule has 2 N–H and O–H groups in total. The molecule has 7 heteroatoms. The number of thioether (sulfide) groups is 1. The van der Waals surface area contributed by atoms with Crippen LogP contribution in [0.3, 0.4) is 0 Å². The fourth-order valence-corrected chi connectivity index (χ4v) is 2.74. The summed E-state index contributed by atoms with van der Waals surface area (Å²) in [5, 5.41) is 8.45. The van der Waals surface area contributed by atoms with Crippen molar-refractivity contribution in [1.82, 2.24) is 19.8 Å². The van der Waals surface area contributed by atoms with Crippen LogP contribution in [0.25, 0.3) is 11.4 Å². The van der Waals surface area contributed by atoms with E-state index in [0.29, 0.717) is 11.0 Å². The van der Waals surface area contributed by atoms with Crippen molar-refractivity contribution in [2.24, 2.45) is 0 Å². The van der Waals surface area contributed by atoms with Gasteiger partial charge in [0, 0.05) is 19.7 Å². The number of benzene rings is 1. The summed E-state index contributed by atoms with van der Waals surface area (Å²) in [5.74, 6) is 6.64. The predicted molar refractivity (Wildman–Crippen MR) is 84.4 cm³/mol. The Balaban J connectivity index is 2.21. The monoisotopic (exact) mass is 305 g/mol. The van der Waals surface area contributed by atoms with Gasteiger partial charge >= 0.3 is 0 Å². The number of carbonyl (C=O) groups excluding carboxylic acids is 1. The maximum absolute atomic E-state index is 11.9. The molecule has 0 aliphatic rings. The summed E-state index contributed by atoms with van der Waals surface area (Å²) in [4.78, 5) is 13.4. The summed E-state index contributed by atoms with van der Waals surface area (Å²) in [5.41, 5.74) is 2.07. The van der Waals surface area contributed by atoms with Gasteiger partial charge in [0.05, 0.1) is 5.25 Å². The van der Waals surface area contributed by atoms with Gasteiger partial charge in [-0.05, 0) is 13.8 Å². The Hall–Kier alpha value is -2.02. The number of nitrogens with zero attached hydrogens (tertiary/aromatic N) is 4. The van der Waals surface area contributed by atoms with E-state index in [2.05, 4.69) is 10.2 Å². The molecule has 21 heavy (non-hydrogen) atoms. The molecule has 112 valence electrons. The molecule has 0 fully saturated rings. The van der Waals surface area contributed by atoms with Crippen LogP contribution < -0.4 is 5.84 Å². The zero-order chi connectivity index (χ0) is 15.6. The zero-order valence-electron chi connectivity index (χ0n) is 12.6. The van der Waals surface area contributed by atoms with E-state index in [9.17, 15) is 4.79 Å². The topological polar surface area (TPSA) is 77.0 Å². The maximum atomic E-state index is 11.9. The standard InChI is InChI=1S/C14H19N5OS/c1-9-5-7-11(8-6-9)12-16-17-14(19(12)15)21-10(2)13(20)18(3)4/h5-8,10H,15H2,1-4H3/t10-/m1/s1. The molecular weight excluding hydrogens is 286 g/mol. The molecule has 0 saturated heterocycles. The summed E-state index contributed by atoms with van der Waals surface area (Å²) in [6.45, 7) is 3.85. The largest absolute Gasteiger partial charge is 0.348 e. The Kier molecular flexibility index (Phi) is 4.52. The second-order valence-corrected chi connectivity index (χ2v) is 6.34. The summed E-state index contributed by atoms with van der Waals surface area (Å²) in [6, 6.07) is 7.89. The van der Waals surface area contributed by atoms with Gasteiger partial charge in [0.2, 0.25) is 11.1 Å². The van der Waals surface area contributed by atoms with Crippen molar-refractivity contribution in [2.75, 3.05) is 19.9 Å². The smallest absolute Gasteiger partial charge is 0.235 e. The lowest BCUT2D eigenvalue weighted by Gasteiger charge is -2.15. The highest BCUT2D eigenvalue weighted by atomic mass is 32.2. The minimum absolute atomic E-state index is 0.0138. The van der Waals surface area contributed by atoms with Gasteiger partial charge in [-0.15, -0.1) is 10.2 Å². The molecule has 1 heterocycles. The van der Waals surface area contributed by atoms with E-state index < -0.39 is 0 Å². The van der Waals surface area contributed by atoms with Crippen LogP contribution in [0, 0.1) is 6.92 Å². The minimum Gasteiger partial charge on any atom is -0.348 e. The summed E-state index contributed by atoms with van der Waals surface area (Å²) < 4.78 is 1.43. The van der Waals surface area contributed by atoms with Gasteiger partial charge in [-0.1, -0.05) is 41.6 Å². The average Bonchev–Trinajstić information content (AvgIpc) is 2.80. The maximum Gasteiger partial charge on any atom is 0.235 e. The van der Waals surface area contributed by atoms with Gasteiger partial charge in [-0.25, -0.2) is 4.68 Å². The molecule has 2 aromatic rings. The van der Waals surface area contributed by atoms with Gasteiger partial charge in [0.15, 0.2) is 5.82 Å². The lowest BCUT2D eigenvalue weighted by atomic mass is 10.1. The van der Waals surface area contributed by atoms with Gasteiger partial charge in [0.1, 0.15) is 0 Å². The zero-order valence-corrected chi connectivity index (χ0v) is 13.4. The number of aryl methyl sites for hydroxylation is 1. The summed E-state index contributed by atoms with van der Waals surface area (Å²) in [7, 11) is 3.45. The van der Waals surface area contributed by atoms with Crippen LogP contribution in [0.5, 0.6) is 0 Å². The molecule has 0 unspecified atom stereocenters. The Labute approximate surface area is 128 Å². The van der Waals surface area contributed by atoms with Crippen LogP contribution in [0.4, 0.5) is 0 Å². The lowest BCUT2D eigenvalue weighted by Crippen LogP contribution is -2.30. The Morgan fingerprint density at radius 1 is 1.29 bits per heavy atom. The first-order valence-electron chi connectivity index (χ1n) is 6.55. The van der Waals surface area contributed by atoms with Crippen LogP contribution in [-0.2, 0) is 4.79 Å². The molecule has 2 rings (SSSR count). The van der Waals surface area contributed by atoms with E-state index in [0.717, 1.165) is 5.56 Å². The van der Waals surface area contributed by atoms with Crippen LogP contribution in [-0.4, -0.2) is 45.0 Å². The molecule has 0 saturated carbocycles. The lowest BCUT2D eigenvalue weighted by molar-refractivity contribution is -0.127. The summed E-state index contributed by atoms with van der Waals surface area (Å²) >= 11 is 1.30. The quantitative estimate of drug-likeness (QED) is 0.685. The molecule has 0 aliphatic carbocycles. The first kappa shape index (κ1) is 15.4. The summed E-state index contributed by atoms with van der Waals surface area (Å²) in [6.07, 6.45) is 0.